The van der Waals surface area contributed by atoms with Crippen molar-refractivity contribution in [1.29, 1.82) is 0 Å². The van der Waals surface area contributed by atoms with Crippen LogP contribution in [0.1, 0.15) is 32.6 Å². The van der Waals surface area contributed by atoms with Crippen LogP contribution < -0.4 is 5.32 Å². The van der Waals surface area contributed by atoms with Crippen LogP contribution in [0.25, 0.3) is 0 Å². The molecule has 1 N–H and O–H groups in total. The number of nitrogens with one attached hydrogen (secondary N) is 1. The summed E-state index contributed by atoms with van der Waals surface area (Å²) in [6.07, 6.45) is 2.49. The molecule has 1 saturated heterocycles. The second-order valence-electron chi connectivity index (χ2n) is 4.28. The lowest BCUT2D eigenvalue weighted by atomic mass is 9.98. The molecule has 1 rings (SSSR count). The molecule has 17 heavy (non-hydrogen) atoms. The standard InChI is InChI=1S/C12H21NO4/c1-3-10(8-11(14)16-2)13-12(15)9-4-6-17-7-5-9/h9-10H,3-8H2,1-2H3,(H,13,15). The lowest BCUT2D eigenvalue weighted by molar-refractivity contribution is -0.141. The van der Waals surface area contributed by atoms with E-state index in [1.54, 1.807) is 0 Å². The molecule has 0 aromatic heterocycles. The van der Waals surface area contributed by atoms with Crippen LogP contribution in [-0.4, -0.2) is 38.2 Å². The molecule has 0 radical (unpaired) electrons. The number of hydrogen-bond donors (Lipinski definition) is 1. The van der Waals surface area contributed by atoms with Gasteiger partial charge in [0.05, 0.1) is 13.5 Å². The first-order chi connectivity index (χ1) is 8.17. The smallest absolute Gasteiger partial charge is 0.307 e. The van der Waals surface area contributed by atoms with Crippen molar-refractivity contribution in [2.45, 2.75) is 38.6 Å². The second-order valence-corrected chi connectivity index (χ2v) is 4.28. The van der Waals surface area contributed by atoms with E-state index in [9.17, 15) is 9.59 Å². The van der Waals surface area contributed by atoms with E-state index in [-0.39, 0.29) is 30.3 Å². The molecule has 5 heteroatoms. The van der Waals surface area contributed by atoms with E-state index in [1.807, 2.05) is 6.92 Å². The van der Waals surface area contributed by atoms with Crippen molar-refractivity contribution >= 4 is 11.9 Å². The predicted molar refractivity (Wildman–Crippen MR) is 62.4 cm³/mol. The summed E-state index contributed by atoms with van der Waals surface area (Å²) in [5, 5.41) is 2.91. The van der Waals surface area contributed by atoms with Crippen LogP contribution in [0.4, 0.5) is 0 Å². The summed E-state index contributed by atoms with van der Waals surface area (Å²) < 4.78 is 9.81. The normalized spacial score (nSPS) is 18.5. The van der Waals surface area contributed by atoms with Crippen LogP contribution in [0.3, 0.4) is 0 Å². The number of amides is 1. The third-order valence-corrected chi connectivity index (χ3v) is 3.07. The highest BCUT2D eigenvalue weighted by atomic mass is 16.5. The van der Waals surface area contributed by atoms with Gasteiger partial charge >= 0.3 is 5.97 Å². The van der Waals surface area contributed by atoms with Gasteiger partial charge in [-0.1, -0.05) is 6.92 Å². The molecule has 5 nitrogen and oxygen atoms in total. The molecular weight excluding hydrogens is 222 g/mol. The molecule has 1 unspecified atom stereocenters. The fraction of sp³-hybridized carbons (Fsp3) is 0.833. The maximum atomic E-state index is 11.9. The third kappa shape index (κ3) is 4.73. The zero-order chi connectivity index (χ0) is 12.7. The maximum absolute atomic E-state index is 11.9. The number of carbonyl (C=O) groups excluding carboxylic acids is 2. The van der Waals surface area contributed by atoms with Gasteiger partial charge in [-0.25, -0.2) is 0 Å². The quantitative estimate of drug-likeness (QED) is 0.728. The van der Waals surface area contributed by atoms with Gasteiger partial charge in [-0.3, -0.25) is 9.59 Å². The predicted octanol–water partition coefficient (Wildman–Crippen LogP) is 0.871. The van der Waals surface area contributed by atoms with Gasteiger partial charge in [0, 0.05) is 25.2 Å². The number of ether oxygens (including phenoxy) is 2. The summed E-state index contributed by atoms with van der Waals surface area (Å²) in [4.78, 5) is 23.1. The third-order valence-electron chi connectivity index (χ3n) is 3.07. The van der Waals surface area contributed by atoms with Crippen molar-refractivity contribution in [3.63, 3.8) is 0 Å². The summed E-state index contributed by atoms with van der Waals surface area (Å²) in [6, 6.07) is -0.127. The van der Waals surface area contributed by atoms with Gasteiger partial charge in [-0.15, -0.1) is 0 Å². The Balaban J connectivity index is 2.38. The molecule has 0 aromatic carbocycles. The van der Waals surface area contributed by atoms with Crippen molar-refractivity contribution in [2.75, 3.05) is 20.3 Å². The topological polar surface area (TPSA) is 64.6 Å². The number of carbonyl (C=O) groups is 2. The first-order valence-electron chi connectivity index (χ1n) is 6.12. The highest BCUT2D eigenvalue weighted by Gasteiger charge is 2.24. The fourth-order valence-electron chi connectivity index (χ4n) is 1.86. The van der Waals surface area contributed by atoms with E-state index >= 15 is 0 Å². The van der Waals surface area contributed by atoms with E-state index < -0.39 is 0 Å². The number of esters is 1. The van der Waals surface area contributed by atoms with Gasteiger partial charge in [-0.2, -0.15) is 0 Å². The maximum Gasteiger partial charge on any atom is 0.307 e. The van der Waals surface area contributed by atoms with Crippen molar-refractivity contribution in [3.8, 4) is 0 Å². The molecule has 0 spiro atoms. The first kappa shape index (κ1) is 14.0. The Morgan fingerprint density at radius 1 is 1.41 bits per heavy atom. The summed E-state index contributed by atoms with van der Waals surface area (Å²) in [5.41, 5.74) is 0. The molecule has 1 atom stereocenters. The molecule has 1 amide bonds. The Labute approximate surface area is 102 Å². The van der Waals surface area contributed by atoms with E-state index in [2.05, 4.69) is 10.1 Å². The minimum absolute atomic E-state index is 0.0236. The van der Waals surface area contributed by atoms with Gasteiger partial charge in [0.15, 0.2) is 0 Å². The van der Waals surface area contributed by atoms with Crippen LogP contribution >= 0.6 is 0 Å². The molecule has 0 aromatic rings. The number of rotatable bonds is 5. The summed E-state index contributed by atoms with van der Waals surface area (Å²) >= 11 is 0. The molecule has 1 heterocycles. The van der Waals surface area contributed by atoms with E-state index in [0.29, 0.717) is 13.2 Å². The summed E-state index contributed by atoms with van der Waals surface area (Å²) in [6.45, 7) is 3.23. The summed E-state index contributed by atoms with van der Waals surface area (Å²) in [5.74, 6) is -0.233. The van der Waals surface area contributed by atoms with Crippen molar-refractivity contribution in [1.82, 2.24) is 5.32 Å². The number of hydrogen-bond acceptors (Lipinski definition) is 4. The Bertz CT molecular complexity index is 261. The molecule has 1 aliphatic rings. The van der Waals surface area contributed by atoms with Gasteiger partial charge in [0.1, 0.15) is 0 Å². The van der Waals surface area contributed by atoms with E-state index in [4.69, 9.17) is 4.74 Å². The first-order valence-corrected chi connectivity index (χ1v) is 6.12. The fourth-order valence-corrected chi connectivity index (χ4v) is 1.86. The Kier molecular flexibility index (Phi) is 5.97. The van der Waals surface area contributed by atoms with E-state index in [0.717, 1.165) is 19.3 Å². The Morgan fingerprint density at radius 3 is 2.59 bits per heavy atom. The van der Waals surface area contributed by atoms with Gasteiger partial charge in [0.25, 0.3) is 0 Å². The van der Waals surface area contributed by atoms with Crippen LogP contribution in [-0.2, 0) is 19.1 Å². The Hall–Kier alpha value is -1.10. The van der Waals surface area contributed by atoms with Gasteiger partial charge < -0.3 is 14.8 Å². The lowest BCUT2D eigenvalue weighted by Gasteiger charge is -2.24. The van der Waals surface area contributed by atoms with Crippen LogP contribution in [0, 0.1) is 5.92 Å². The zero-order valence-electron chi connectivity index (χ0n) is 10.5. The van der Waals surface area contributed by atoms with Crippen molar-refractivity contribution in [3.05, 3.63) is 0 Å². The van der Waals surface area contributed by atoms with Gasteiger partial charge in [-0.05, 0) is 19.3 Å². The van der Waals surface area contributed by atoms with Crippen LogP contribution in [0.15, 0.2) is 0 Å². The highest BCUT2D eigenvalue weighted by molar-refractivity contribution is 5.80. The molecule has 0 saturated carbocycles. The lowest BCUT2D eigenvalue weighted by Crippen LogP contribution is -2.41. The van der Waals surface area contributed by atoms with Crippen LogP contribution in [0.2, 0.25) is 0 Å². The molecular formula is C12H21NO4. The monoisotopic (exact) mass is 243 g/mol. The largest absolute Gasteiger partial charge is 0.469 e. The average Bonchev–Trinajstić information content (AvgIpc) is 2.38. The molecule has 0 bridgehead atoms. The molecule has 1 fully saturated rings. The zero-order valence-corrected chi connectivity index (χ0v) is 10.5. The summed E-state index contributed by atoms with van der Waals surface area (Å²) in [7, 11) is 1.36. The number of methoxy groups -OCH3 is 1. The van der Waals surface area contributed by atoms with Crippen molar-refractivity contribution in [2.24, 2.45) is 5.92 Å². The SMILES string of the molecule is CCC(CC(=O)OC)NC(=O)C1CCOCC1. The van der Waals surface area contributed by atoms with E-state index in [1.165, 1.54) is 7.11 Å². The van der Waals surface area contributed by atoms with Gasteiger partial charge in [0.2, 0.25) is 5.91 Å². The Morgan fingerprint density at radius 2 is 2.06 bits per heavy atom. The minimum atomic E-state index is -0.288. The average molecular weight is 243 g/mol. The van der Waals surface area contributed by atoms with Crippen LogP contribution in [0.5, 0.6) is 0 Å². The molecule has 1 aliphatic heterocycles. The minimum Gasteiger partial charge on any atom is -0.469 e. The second kappa shape index (κ2) is 7.27. The van der Waals surface area contributed by atoms with Crippen molar-refractivity contribution < 1.29 is 19.1 Å². The molecule has 0 aliphatic carbocycles. The highest BCUT2D eigenvalue weighted by Crippen LogP contribution is 2.15. The molecule has 98 valence electrons.